The van der Waals surface area contributed by atoms with Gasteiger partial charge in [0.2, 0.25) is 0 Å². The number of fused-ring (bicyclic) bond motifs is 1. The van der Waals surface area contributed by atoms with Gasteiger partial charge in [0.05, 0.1) is 19.8 Å². The second-order valence-electron chi connectivity index (χ2n) is 7.20. The topological polar surface area (TPSA) is 87.7 Å². The molecule has 156 valence electrons. The number of hydrogen-bond acceptors (Lipinski definition) is 5. The van der Waals surface area contributed by atoms with E-state index >= 15 is 0 Å². The van der Waals surface area contributed by atoms with Gasteiger partial charge in [0.15, 0.2) is 0 Å². The Labute approximate surface area is 175 Å². The molecule has 0 bridgehead atoms. The van der Waals surface area contributed by atoms with Gasteiger partial charge >= 0.3 is 6.03 Å². The number of hydrogen-bond donors (Lipinski definition) is 2. The van der Waals surface area contributed by atoms with Crippen molar-refractivity contribution in [2.75, 3.05) is 31.6 Å². The van der Waals surface area contributed by atoms with E-state index in [-0.39, 0.29) is 12.6 Å². The Morgan fingerprint density at radius 3 is 2.72 bits per heavy atom. The van der Waals surface area contributed by atoms with Crippen molar-refractivity contribution in [1.82, 2.24) is 9.62 Å². The molecule has 9 heteroatoms. The monoisotopic (exact) mass is 435 g/mol. The molecule has 0 unspecified atom stereocenters. The summed E-state index contributed by atoms with van der Waals surface area (Å²) in [5.74, 6) is 0. The molecule has 0 radical (unpaired) electrons. The number of urea groups is 1. The van der Waals surface area contributed by atoms with Crippen molar-refractivity contribution >= 4 is 33.1 Å². The minimum atomic E-state index is -3.50. The highest BCUT2D eigenvalue weighted by atomic mass is 32.2. The molecule has 1 saturated heterocycles. The number of ether oxygens (including phenoxy) is 1. The number of nitrogens with zero attached hydrogens (tertiary/aromatic N) is 1. The predicted molar refractivity (Wildman–Crippen MR) is 113 cm³/mol. The van der Waals surface area contributed by atoms with Crippen molar-refractivity contribution in [3.63, 3.8) is 0 Å². The van der Waals surface area contributed by atoms with E-state index in [0.717, 1.165) is 29.8 Å². The van der Waals surface area contributed by atoms with Crippen molar-refractivity contribution in [3.8, 4) is 0 Å². The van der Waals surface area contributed by atoms with Gasteiger partial charge < -0.3 is 15.4 Å². The highest BCUT2D eigenvalue weighted by Gasteiger charge is 2.27. The van der Waals surface area contributed by atoms with Crippen LogP contribution in [0.4, 0.5) is 10.5 Å². The zero-order valence-corrected chi connectivity index (χ0v) is 17.8. The summed E-state index contributed by atoms with van der Waals surface area (Å²) in [5.41, 5.74) is 3.40. The normalized spacial score (nSPS) is 17.5. The predicted octanol–water partition coefficient (Wildman–Crippen LogP) is 2.97. The fraction of sp³-hybridized carbons (Fsp3) is 0.450. The fourth-order valence-corrected chi connectivity index (χ4v) is 6.60. The van der Waals surface area contributed by atoms with E-state index in [4.69, 9.17) is 4.74 Å². The molecule has 0 saturated carbocycles. The van der Waals surface area contributed by atoms with Crippen molar-refractivity contribution < 1.29 is 17.9 Å². The lowest BCUT2D eigenvalue weighted by atomic mass is 9.90. The molecule has 2 aliphatic rings. The van der Waals surface area contributed by atoms with Gasteiger partial charge in [-0.25, -0.2) is 13.2 Å². The highest BCUT2D eigenvalue weighted by Crippen LogP contribution is 2.28. The van der Waals surface area contributed by atoms with Crippen LogP contribution < -0.4 is 10.6 Å². The molecule has 2 amide bonds. The Kier molecular flexibility index (Phi) is 6.19. The van der Waals surface area contributed by atoms with Crippen LogP contribution in [0.15, 0.2) is 34.5 Å². The average Bonchev–Trinajstić information content (AvgIpc) is 3.23. The summed E-state index contributed by atoms with van der Waals surface area (Å²) in [6, 6.07) is 9.11. The first kappa shape index (κ1) is 20.3. The molecule has 2 heterocycles. The van der Waals surface area contributed by atoms with Crippen molar-refractivity contribution in [3.05, 3.63) is 46.3 Å². The smallest absolute Gasteiger partial charge is 0.319 e. The lowest BCUT2D eigenvalue weighted by Gasteiger charge is -2.25. The van der Waals surface area contributed by atoms with Gasteiger partial charge in [-0.2, -0.15) is 4.31 Å². The number of sulfonamides is 1. The first-order chi connectivity index (χ1) is 14.0. The summed E-state index contributed by atoms with van der Waals surface area (Å²) in [5, 5.41) is 5.77. The maximum atomic E-state index is 12.7. The summed E-state index contributed by atoms with van der Waals surface area (Å²) in [4.78, 5) is 13.2. The summed E-state index contributed by atoms with van der Waals surface area (Å²) in [6.45, 7) is 1.87. The number of anilines is 1. The van der Waals surface area contributed by atoms with Gasteiger partial charge in [-0.15, -0.1) is 11.3 Å². The molecule has 1 aromatic heterocycles. The molecule has 1 aliphatic heterocycles. The van der Waals surface area contributed by atoms with Gasteiger partial charge in [0.25, 0.3) is 10.0 Å². The van der Waals surface area contributed by atoms with Crippen LogP contribution in [0.3, 0.4) is 0 Å². The van der Waals surface area contributed by atoms with Crippen molar-refractivity contribution in [2.45, 2.75) is 36.4 Å². The molecule has 2 aromatic rings. The third-order valence-corrected chi connectivity index (χ3v) is 8.72. The fourth-order valence-electron chi connectivity index (χ4n) is 3.74. The maximum absolute atomic E-state index is 12.7. The molecule has 4 rings (SSSR count). The number of carbonyl (C=O) groups is 1. The lowest BCUT2D eigenvalue weighted by Crippen LogP contribution is -2.40. The van der Waals surface area contributed by atoms with Crippen molar-refractivity contribution in [2.24, 2.45) is 0 Å². The van der Waals surface area contributed by atoms with E-state index in [1.165, 1.54) is 33.2 Å². The van der Waals surface area contributed by atoms with E-state index in [9.17, 15) is 13.2 Å². The Balaban J connectivity index is 1.36. The number of aryl methyl sites for hydroxylation is 1. The van der Waals surface area contributed by atoms with Gasteiger partial charge in [-0.3, -0.25) is 0 Å². The third kappa shape index (κ3) is 4.63. The Bertz CT molecular complexity index is 981. The number of thiophene rings is 1. The second-order valence-corrected chi connectivity index (χ2v) is 10.5. The first-order valence-corrected chi connectivity index (χ1v) is 12.1. The minimum absolute atomic E-state index is 0.282. The van der Waals surface area contributed by atoms with E-state index in [2.05, 4.69) is 16.7 Å². The van der Waals surface area contributed by atoms with Crippen LogP contribution in [-0.2, 0) is 34.1 Å². The standard InChI is InChI=1S/C20H25N3O4S2/c24-20(22-18-7-3-5-15-4-1-2-6-17(15)18)21-14-16-8-9-19(28-16)29(25,26)23-10-12-27-13-11-23/h3,5,7-9H,1-2,4,6,10-14H2,(H2,21,22,24). The summed E-state index contributed by atoms with van der Waals surface area (Å²) in [7, 11) is -3.50. The number of carbonyl (C=O) groups excluding carboxylic acids is 1. The van der Waals surface area contributed by atoms with Crippen LogP contribution in [0.2, 0.25) is 0 Å². The first-order valence-electron chi connectivity index (χ1n) is 9.86. The summed E-state index contributed by atoms with van der Waals surface area (Å²) >= 11 is 1.19. The maximum Gasteiger partial charge on any atom is 0.319 e. The molecule has 2 N–H and O–H groups in total. The molecule has 1 aliphatic carbocycles. The number of amides is 2. The Morgan fingerprint density at radius 2 is 1.90 bits per heavy atom. The van der Waals surface area contributed by atoms with Gasteiger partial charge in [0.1, 0.15) is 4.21 Å². The summed E-state index contributed by atoms with van der Waals surface area (Å²) in [6.07, 6.45) is 4.38. The van der Waals surface area contributed by atoms with Crippen LogP contribution in [-0.4, -0.2) is 45.1 Å². The number of rotatable bonds is 5. The lowest BCUT2D eigenvalue weighted by molar-refractivity contribution is 0.0731. The molecular weight excluding hydrogens is 410 g/mol. The average molecular weight is 436 g/mol. The van der Waals surface area contributed by atoms with E-state index in [1.807, 2.05) is 12.1 Å². The van der Waals surface area contributed by atoms with E-state index in [0.29, 0.717) is 30.5 Å². The minimum Gasteiger partial charge on any atom is -0.379 e. The molecule has 1 aromatic carbocycles. The quantitative estimate of drug-likeness (QED) is 0.756. The van der Waals surface area contributed by atoms with Crippen molar-refractivity contribution in [1.29, 1.82) is 0 Å². The zero-order valence-electron chi connectivity index (χ0n) is 16.1. The van der Waals surface area contributed by atoms with Crippen LogP contribution in [0, 0.1) is 0 Å². The second kappa shape index (κ2) is 8.83. The molecule has 7 nitrogen and oxygen atoms in total. The van der Waals surface area contributed by atoms with Crippen LogP contribution >= 0.6 is 11.3 Å². The molecular formula is C20H25N3O4S2. The van der Waals surface area contributed by atoms with Crippen LogP contribution in [0.25, 0.3) is 0 Å². The van der Waals surface area contributed by atoms with Crippen LogP contribution in [0.1, 0.15) is 28.8 Å². The Hall–Kier alpha value is -1.94. The van der Waals surface area contributed by atoms with Gasteiger partial charge in [0, 0.05) is 23.7 Å². The zero-order chi connectivity index (χ0) is 20.3. The largest absolute Gasteiger partial charge is 0.379 e. The number of benzene rings is 1. The van der Waals surface area contributed by atoms with E-state index in [1.54, 1.807) is 12.1 Å². The van der Waals surface area contributed by atoms with E-state index < -0.39 is 10.0 Å². The Morgan fingerprint density at radius 1 is 1.10 bits per heavy atom. The van der Waals surface area contributed by atoms with Gasteiger partial charge in [-0.05, 0) is 55.0 Å². The molecule has 0 spiro atoms. The molecule has 29 heavy (non-hydrogen) atoms. The number of nitrogens with one attached hydrogen (secondary N) is 2. The summed E-state index contributed by atoms with van der Waals surface area (Å²) < 4.78 is 32.4. The highest BCUT2D eigenvalue weighted by molar-refractivity contribution is 7.91. The molecule has 1 fully saturated rings. The van der Waals surface area contributed by atoms with Crippen LogP contribution in [0.5, 0.6) is 0 Å². The van der Waals surface area contributed by atoms with Gasteiger partial charge in [-0.1, -0.05) is 12.1 Å². The number of morpholine rings is 1. The SMILES string of the molecule is O=C(NCc1ccc(S(=O)(=O)N2CCOCC2)s1)Nc1cccc2c1CCCC2. The molecule has 0 atom stereocenters. The third-order valence-electron chi connectivity index (χ3n) is 5.27.